The summed E-state index contributed by atoms with van der Waals surface area (Å²) in [4.78, 5) is 0. The Balaban J connectivity index is 2.19. The third kappa shape index (κ3) is 1.58. The van der Waals surface area contributed by atoms with Crippen molar-refractivity contribution in [3.05, 3.63) is 22.3 Å². The van der Waals surface area contributed by atoms with Crippen molar-refractivity contribution in [2.75, 3.05) is 5.73 Å². The quantitative estimate of drug-likeness (QED) is 0.805. The van der Waals surface area contributed by atoms with Crippen LogP contribution in [0.3, 0.4) is 0 Å². The van der Waals surface area contributed by atoms with Gasteiger partial charge in [0, 0.05) is 5.69 Å². The van der Waals surface area contributed by atoms with Crippen LogP contribution in [0.25, 0.3) is 0 Å². The number of rotatable bonds is 2. The third-order valence-corrected chi connectivity index (χ3v) is 3.84. The lowest BCUT2D eigenvalue weighted by Gasteiger charge is -2.17. The van der Waals surface area contributed by atoms with Gasteiger partial charge in [-0.15, -0.1) is 0 Å². The molecule has 2 aliphatic rings. The number of alkyl halides is 2. The lowest BCUT2D eigenvalue weighted by Crippen LogP contribution is -2.09. The summed E-state index contributed by atoms with van der Waals surface area (Å²) in [6.45, 7) is -2.74. The summed E-state index contributed by atoms with van der Waals surface area (Å²) in [5, 5.41) is 0. The first-order valence-electron chi connectivity index (χ1n) is 6.08. The minimum atomic E-state index is -2.74. The molecule has 2 nitrogen and oxygen atoms in total. The van der Waals surface area contributed by atoms with Gasteiger partial charge in [-0.25, -0.2) is 0 Å². The molecular formula is C13H15F2NO. The van der Waals surface area contributed by atoms with E-state index in [4.69, 9.17) is 10.5 Å². The minimum Gasteiger partial charge on any atom is -0.434 e. The third-order valence-electron chi connectivity index (χ3n) is 3.84. The Kier molecular flexibility index (Phi) is 2.45. The zero-order chi connectivity index (χ0) is 12.0. The molecule has 0 saturated heterocycles. The number of hydrogen-bond acceptors (Lipinski definition) is 2. The van der Waals surface area contributed by atoms with Crippen molar-refractivity contribution < 1.29 is 13.5 Å². The first kappa shape index (κ1) is 10.8. The van der Waals surface area contributed by atoms with E-state index in [0.29, 0.717) is 5.75 Å². The molecule has 0 radical (unpaired) electrons. The van der Waals surface area contributed by atoms with Gasteiger partial charge in [0.05, 0.1) is 0 Å². The lowest BCUT2D eigenvalue weighted by molar-refractivity contribution is -0.0509. The summed E-state index contributed by atoms with van der Waals surface area (Å²) in [6.07, 6.45) is 5.40. The molecule has 0 amide bonds. The lowest BCUT2D eigenvalue weighted by atomic mass is 9.97. The molecule has 0 aliphatic heterocycles. The van der Waals surface area contributed by atoms with E-state index in [-0.39, 0.29) is 0 Å². The highest BCUT2D eigenvalue weighted by Crippen LogP contribution is 2.44. The van der Waals surface area contributed by atoms with Gasteiger partial charge in [0.25, 0.3) is 0 Å². The van der Waals surface area contributed by atoms with E-state index in [9.17, 15) is 8.78 Å². The summed E-state index contributed by atoms with van der Waals surface area (Å²) in [5.41, 5.74) is 11.0. The molecule has 0 spiro atoms. The second kappa shape index (κ2) is 3.86. The molecule has 0 aromatic heterocycles. The van der Waals surface area contributed by atoms with Crippen molar-refractivity contribution in [3.63, 3.8) is 0 Å². The molecule has 17 heavy (non-hydrogen) atoms. The number of anilines is 1. The van der Waals surface area contributed by atoms with Gasteiger partial charge in [0.1, 0.15) is 5.75 Å². The summed E-state index contributed by atoms with van der Waals surface area (Å²) in [5.74, 6) is 0.439. The molecule has 0 fully saturated rings. The Labute approximate surface area is 98.8 Å². The van der Waals surface area contributed by atoms with Gasteiger partial charge >= 0.3 is 6.61 Å². The number of nitrogens with two attached hydrogens (primary N) is 1. The first-order valence-corrected chi connectivity index (χ1v) is 6.08. The molecule has 0 saturated carbocycles. The summed E-state index contributed by atoms with van der Waals surface area (Å²) < 4.78 is 29.8. The van der Waals surface area contributed by atoms with Gasteiger partial charge in [-0.05, 0) is 60.8 Å². The van der Waals surface area contributed by atoms with E-state index in [0.717, 1.165) is 66.5 Å². The van der Waals surface area contributed by atoms with Crippen LogP contribution >= 0.6 is 0 Å². The second-order valence-electron chi connectivity index (χ2n) is 4.74. The Morgan fingerprint density at radius 2 is 1.35 bits per heavy atom. The van der Waals surface area contributed by atoms with E-state index in [2.05, 4.69) is 0 Å². The summed E-state index contributed by atoms with van der Waals surface area (Å²) in [7, 11) is 0. The van der Waals surface area contributed by atoms with Gasteiger partial charge in [-0.1, -0.05) is 0 Å². The van der Waals surface area contributed by atoms with Crippen LogP contribution in [0, 0.1) is 0 Å². The molecular weight excluding hydrogens is 224 g/mol. The molecule has 1 aromatic rings. The van der Waals surface area contributed by atoms with Gasteiger partial charge < -0.3 is 10.5 Å². The van der Waals surface area contributed by atoms with Gasteiger partial charge in [-0.2, -0.15) is 8.78 Å². The maximum atomic E-state index is 12.5. The van der Waals surface area contributed by atoms with E-state index in [1.807, 2.05) is 0 Å². The second-order valence-corrected chi connectivity index (χ2v) is 4.74. The van der Waals surface area contributed by atoms with Crippen molar-refractivity contribution >= 4 is 5.69 Å². The zero-order valence-electron chi connectivity index (χ0n) is 9.56. The van der Waals surface area contributed by atoms with E-state index < -0.39 is 6.61 Å². The SMILES string of the molecule is Nc1c2c(c(OC(F)F)c3c1CCC3)CCC2. The first-order chi connectivity index (χ1) is 8.18. The largest absolute Gasteiger partial charge is 0.434 e. The van der Waals surface area contributed by atoms with Crippen molar-refractivity contribution in [1.82, 2.24) is 0 Å². The van der Waals surface area contributed by atoms with Crippen LogP contribution in [-0.2, 0) is 25.7 Å². The minimum absolute atomic E-state index is 0.439. The topological polar surface area (TPSA) is 35.2 Å². The van der Waals surface area contributed by atoms with Crippen LogP contribution < -0.4 is 10.5 Å². The van der Waals surface area contributed by atoms with Crippen molar-refractivity contribution in [1.29, 1.82) is 0 Å². The number of benzene rings is 1. The number of halogens is 2. The maximum absolute atomic E-state index is 12.5. The molecule has 0 atom stereocenters. The smallest absolute Gasteiger partial charge is 0.387 e. The molecule has 1 aromatic carbocycles. The molecule has 3 rings (SSSR count). The van der Waals surface area contributed by atoms with Crippen LogP contribution in [-0.4, -0.2) is 6.61 Å². The maximum Gasteiger partial charge on any atom is 0.387 e. The van der Waals surface area contributed by atoms with Gasteiger partial charge in [0.2, 0.25) is 0 Å². The van der Waals surface area contributed by atoms with Crippen LogP contribution in [0.1, 0.15) is 35.1 Å². The predicted molar refractivity (Wildman–Crippen MR) is 61.5 cm³/mol. The van der Waals surface area contributed by atoms with Crippen molar-refractivity contribution in [2.24, 2.45) is 0 Å². The number of ether oxygens (including phenoxy) is 1. The molecule has 0 unspecified atom stereocenters. The Bertz CT molecular complexity index is 436. The Morgan fingerprint density at radius 3 is 1.82 bits per heavy atom. The normalized spacial score (nSPS) is 17.4. The Hall–Kier alpha value is -1.32. The molecule has 2 N–H and O–H groups in total. The van der Waals surface area contributed by atoms with Crippen molar-refractivity contribution in [2.45, 2.75) is 45.1 Å². The van der Waals surface area contributed by atoms with Crippen LogP contribution in [0.4, 0.5) is 14.5 Å². The molecule has 2 aliphatic carbocycles. The summed E-state index contributed by atoms with van der Waals surface area (Å²) >= 11 is 0. The number of nitrogen functional groups attached to an aromatic ring is 1. The highest BCUT2D eigenvalue weighted by Gasteiger charge is 2.29. The fourth-order valence-electron chi connectivity index (χ4n) is 3.18. The molecule has 92 valence electrons. The van der Waals surface area contributed by atoms with Crippen LogP contribution in [0.2, 0.25) is 0 Å². The summed E-state index contributed by atoms with van der Waals surface area (Å²) in [6, 6.07) is 0. The fourth-order valence-corrected chi connectivity index (χ4v) is 3.18. The van der Waals surface area contributed by atoms with Crippen LogP contribution in [0.5, 0.6) is 5.75 Å². The van der Waals surface area contributed by atoms with Crippen LogP contribution in [0.15, 0.2) is 0 Å². The fraction of sp³-hybridized carbons (Fsp3) is 0.538. The number of fused-ring (bicyclic) bond motifs is 2. The average molecular weight is 239 g/mol. The van der Waals surface area contributed by atoms with E-state index in [1.165, 1.54) is 0 Å². The zero-order valence-corrected chi connectivity index (χ0v) is 9.56. The highest BCUT2D eigenvalue weighted by atomic mass is 19.3. The standard InChI is InChI=1S/C13H15F2NO/c14-13(15)17-12-9-5-1-3-7(9)11(16)8-4-2-6-10(8)12/h13H,1-6,16H2. The molecule has 4 heteroatoms. The van der Waals surface area contributed by atoms with Crippen molar-refractivity contribution in [3.8, 4) is 5.75 Å². The van der Waals surface area contributed by atoms with E-state index in [1.54, 1.807) is 0 Å². The monoisotopic (exact) mass is 239 g/mol. The van der Waals surface area contributed by atoms with Gasteiger partial charge in [0.15, 0.2) is 0 Å². The van der Waals surface area contributed by atoms with Gasteiger partial charge in [-0.3, -0.25) is 0 Å². The molecule has 0 bridgehead atoms. The Morgan fingerprint density at radius 1 is 0.882 bits per heavy atom. The molecule has 0 heterocycles. The highest BCUT2D eigenvalue weighted by molar-refractivity contribution is 5.68. The predicted octanol–water partition coefficient (Wildman–Crippen LogP) is 2.85. The number of hydrogen-bond donors (Lipinski definition) is 1. The average Bonchev–Trinajstić information content (AvgIpc) is 2.92. The van der Waals surface area contributed by atoms with E-state index >= 15 is 0 Å².